The molecule has 1 amide bonds. The highest BCUT2D eigenvalue weighted by Gasteiger charge is 2.18. The number of aromatic nitrogens is 3. The minimum atomic E-state index is -0.254. The number of ether oxygens (including phenoxy) is 1. The molecule has 0 spiro atoms. The maximum Gasteiger partial charge on any atom is 0.234 e. The molecular weight excluding hydrogens is 384 g/mol. The molecule has 29 heavy (non-hydrogen) atoms. The molecule has 1 N–H and O–H groups in total. The Hall–Kier alpha value is -2.80. The number of carbonyl (C=O) groups excluding carboxylic acids is 1. The maximum absolute atomic E-state index is 12.2. The molecule has 3 aromatic rings. The topological polar surface area (TPSA) is 69.0 Å². The molecule has 0 aliphatic heterocycles. The van der Waals surface area contributed by atoms with Crippen molar-refractivity contribution in [2.24, 2.45) is 7.05 Å². The van der Waals surface area contributed by atoms with Crippen molar-refractivity contribution in [3.63, 3.8) is 0 Å². The fraction of sp³-hybridized carbons (Fsp3) is 0.318. The molecule has 0 bridgehead atoms. The van der Waals surface area contributed by atoms with Crippen molar-refractivity contribution in [2.45, 2.75) is 38.5 Å². The average molecular weight is 411 g/mol. The van der Waals surface area contributed by atoms with Crippen LogP contribution in [0, 0.1) is 6.92 Å². The monoisotopic (exact) mass is 410 g/mol. The van der Waals surface area contributed by atoms with Crippen LogP contribution in [0.5, 0.6) is 5.75 Å². The van der Waals surface area contributed by atoms with E-state index in [1.807, 2.05) is 74.0 Å². The summed E-state index contributed by atoms with van der Waals surface area (Å²) in [6.45, 7) is 6.08. The van der Waals surface area contributed by atoms with Crippen LogP contribution < -0.4 is 10.1 Å². The minimum absolute atomic E-state index is 0.0762. The van der Waals surface area contributed by atoms with E-state index in [0.717, 1.165) is 17.9 Å². The van der Waals surface area contributed by atoms with Crippen molar-refractivity contribution in [2.75, 3.05) is 11.1 Å². The zero-order valence-corrected chi connectivity index (χ0v) is 18.0. The largest absolute Gasteiger partial charge is 0.483 e. The van der Waals surface area contributed by atoms with Gasteiger partial charge in [0.25, 0.3) is 0 Å². The van der Waals surface area contributed by atoms with E-state index in [0.29, 0.717) is 11.0 Å². The fourth-order valence-corrected chi connectivity index (χ4v) is 3.55. The Morgan fingerprint density at radius 1 is 1.14 bits per heavy atom. The predicted molar refractivity (Wildman–Crippen MR) is 116 cm³/mol. The van der Waals surface area contributed by atoms with Gasteiger partial charge in [0, 0.05) is 12.7 Å². The quantitative estimate of drug-likeness (QED) is 0.552. The van der Waals surface area contributed by atoms with Crippen LogP contribution in [0.4, 0.5) is 5.69 Å². The normalized spacial score (nSPS) is 11.9. The number of amides is 1. The first kappa shape index (κ1) is 20.9. The number of nitrogens with one attached hydrogen (secondary N) is 1. The predicted octanol–water partition coefficient (Wildman–Crippen LogP) is 4.56. The first-order chi connectivity index (χ1) is 14.0. The molecule has 2 aromatic carbocycles. The van der Waals surface area contributed by atoms with Crippen LogP contribution in [0.2, 0.25) is 0 Å². The number of benzene rings is 2. The Morgan fingerprint density at radius 2 is 1.83 bits per heavy atom. The number of hydrogen-bond acceptors (Lipinski definition) is 5. The van der Waals surface area contributed by atoms with Gasteiger partial charge in [-0.05, 0) is 50.1 Å². The molecule has 7 heteroatoms. The average Bonchev–Trinajstić information content (AvgIpc) is 3.09. The number of rotatable bonds is 8. The van der Waals surface area contributed by atoms with E-state index in [4.69, 9.17) is 4.74 Å². The van der Waals surface area contributed by atoms with Crippen molar-refractivity contribution >= 4 is 23.4 Å². The Kier molecular flexibility index (Phi) is 6.93. The summed E-state index contributed by atoms with van der Waals surface area (Å²) < 4.78 is 7.83. The van der Waals surface area contributed by atoms with Gasteiger partial charge >= 0.3 is 0 Å². The Bertz CT molecular complexity index is 952. The minimum Gasteiger partial charge on any atom is -0.483 e. The third-order valence-corrected chi connectivity index (χ3v) is 5.56. The highest BCUT2D eigenvalue weighted by atomic mass is 32.2. The van der Waals surface area contributed by atoms with Crippen molar-refractivity contribution in [3.05, 3.63) is 65.5 Å². The molecule has 0 fully saturated rings. The van der Waals surface area contributed by atoms with Crippen molar-refractivity contribution in [3.8, 4) is 5.75 Å². The highest BCUT2D eigenvalue weighted by molar-refractivity contribution is 7.99. The van der Waals surface area contributed by atoms with E-state index in [9.17, 15) is 4.79 Å². The van der Waals surface area contributed by atoms with Crippen molar-refractivity contribution in [1.29, 1.82) is 0 Å². The molecule has 1 heterocycles. The third-order valence-electron chi connectivity index (χ3n) is 4.54. The van der Waals surface area contributed by atoms with Gasteiger partial charge in [-0.3, -0.25) is 4.79 Å². The van der Waals surface area contributed by atoms with Crippen LogP contribution in [-0.4, -0.2) is 26.4 Å². The lowest BCUT2D eigenvalue weighted by Gasteiger charge is -2.14. The van der Waals surface area contributed by atoms with Crippen LogP contribution in [-0.2, 0) is 18.3 Å². The van der Waals surface area contributed by atoms with Gasteiger partial charge in [0.2, 0.25) is 5.91 Å². The van der Waals surface area contributed by atoms with Crippen molar-refractivity contribution in [1.82, 2.24) is 14.8 Å². The van der Waals surface area contributed by atoms with Gasteiger partial charge < -0.3 is 14.6 Å². The highest BCUT2D eigenvalue weighted by Crippen LogP contribution is 2.24. The molecule has 152 valence electrons. The van der Waals surface area contributed by atoms with Gasteiger partial charge in [0.1, 0.15) is 5.75 Å². The van der Waals surface area contributed by atoms with Gasteiger partial charge in [-0.15, -0.1) is 10.2 Å². The zero-order valence-electron chi connectivity index (χ0n) is 17.2. The molecule has 1 atom stereocenters. The first-order valence-corrected chi connectivity index (χ1v) is 10.6. The van der Waals surface area contributed by atoms with E-state index in [2.05, 4.69) is 22.4 Å². The van der Waals surface area contributed by atoms with Crippen LogP contribution >= 0.6 is 11.8 Å². The molecule has 0 aliphatic carbocycles. The Balaban J connectivity index is 1.55. The lowest BCUT2D eigenvalue weighted by molar-refractivity contribution is -0.113. The second-order valence-electron chi connectivity index (χ2n) is 6.86. The lowest BCUT2D eigenvalue weighted by Crippen LogP contribution is -2.15. The van der Waals surface area contributed by atoms with Gasteiger partial charge in [0.15, 0.2) is 17.1 Å². The second-order valence-corrected chi connectivity index (χ2v) is 7.80. The van der Waals surface area contributed by atoms with Crippen molar-refractivity contribution < 1.29 is 9.53 Å². The summed E-state index contributed by atoms with van der Waals surface area (Å²) in [7, 11) is 1.88. The summed E-state index contributed by atoms with van der Waals surface area (Å²) in [5.41, 5.74) is 3.22. The molecular formula is C22H26N4O2S. The Morgan fingerprint density at radius 3 is 2.48 bits per heavy atom. The zero-order chi connectivity index (χ0) is 20.8. The van der Waals surface area contributed by atoms with E-state index < -0.39 is 0 Å². The third kappa shape index (κ3) is 5.60. The second kappa shape index (κ2) is 9.60. The van der Waals surface area contributed by atoms with E-state index in [-0.39, 0.29) is 17.8 Å². The van der Waals surface area contributed by atoms with Gasteiger partial charge in [-0.2, -0.15) is 0 Å². The van der Waals surface area contributed by atoms with Gasteiger partial charge in [-0.25, -0.2) is 0 Å². The standard InChI is InChI=1S/C22H26N4O2S/c1-5-17-8-10-18(11-9-17)23-20(27)14-29-22-25-24-21(26(22)4)16(3)28-19-12-6-15(2)7-13-19/h6-13,16H,5,14H2,1-4H3,(H,23,27). The number of nitrogens with zero attached hydrogens (tertiary/aromatic N) is 3. The first-order valence-electron chi connectivity index (χ1n) is 9.60. The number of hydrogen-bond donors (Lipinski definition) is 1. The summed E-state index contributed by atoms with van der Waals surface area (Å²) in [6, 6.07) is 15.8. The van der Waals surface area contributed by atoms with Gasteiger partial charge in [0.05, 0.1) is 5.75 Å². The number of thioether (sulfide) groups is 1. The summed E-state index contributed by atoms with van der Waals surface area (Å²) in [5.74, 6) is 1.68. The lowest BCUT2D eigenvalue weighted by atomic mass is 10.1. The molecule has 0 aliphatic rings. The molecule has 1 aromatic heterocycles. The number of carbonyl (C=O) groups is 1. The van der Waals surface area contributed by atoms with Crippen LogP contribution in [0.3, 0.4) is 0 Å². The maximum atomic E-state index is 12.2. The Labute approximate surface area is 175 Å². The molecule has 3 rings (SSSR count). The smallest absolute Gasteiger partial charge is 0.234 e. The molecule has 0 saturated carbocycles. The number of anilines is 1. The summed E-state index contributed by atoms with van der Waals surface area (Å²) in [6.07, 6.45) is 0.723. The van der Waals surface area contributed by atoms with Crippen LogP contribution in [0.15, 0.2) is 53.7 Å². The summed E-state index contributed by atoms with van der Waals surface area (Å²) in [4.78, 5) is 12.2. The fourth-order valence-electron chi connectivity index (χ4n) is 2.83. The van der Waals surface area contributed by atoms with Gasteiger partial charge in [-0.1, -0.05) is 48.5 Å². The molecule has 6 nitrogen and oxygen atoms in total. The molecule has 0 radical (unpaired) electrons. The number of aryl methyl sites for hydroxylation is 2. The SMILES string of the molecule is CCc1ccc(NC(=O)CSc2nnc(C(C)Oc3ccc(C)cc3)n2C)cc1. The molecule has 0 saturated heterocycles. The molecule has 1 unspecified atom stereocenters. The van der Waals surface area contributed by atoms with E-state index in [1.54, 1.807) is 0 Å². The summed E-state index contributed by atoms with van der Waals surface area (Å²) >= 11 is 1.35. The summed E-state index contributed by atoms with van der Waals surface area (Å²) in [5, 5.41) is 12.0. The van der Waals surface area contributed by atoms with Crippen LogP contribution in [0.1, 0.15) is 36.9 Å². The van der Waals surface area contributed by atoms with E-state index >= 15 is 0 Å². The van der Waals surface area contributed by atoms with Crippen LogP contribution in [0.25, 0.3) is 0 Å². The van der Waals surface area contributed by atoms with E-state index in [1.165, 1.54) is 22.9 Å².